The van der Waals surface area contributed by atoms with Crippen molar-refractivity contribution in [2.24, 2.45) is 0 Å². The van der Waals surface area contributed by atoms with Crippen molar-refractivity contribution in [3.05, 3.63) is 70.7 Å². The van der Waals surface area contributed by atoms with Crippen molar-refractivity contribution in [3.8, 4) is 11.5 Å². The molecule has 3 aromatic rings. The number of phenols is 1. The van der Waals surface area contributed by atoms with Crippen LogP contribution in [0.4, 0.5) is 5.69 Å². The summed E-state index contributed by atoms with van der Waals surface area (Å²) in [6.45, 7) is 3.38. The van der Waals surface area contributed by atoms with Crippen LogP contribution in [-0.4, -0.2) is 16.5 Å². The molecule has 2 heterocycles. The van der Waals surface area contributed by atoms with Crippen LogP contribution in [0.1, 0.15) is 19.4 Å². The van der Waals surface area contributed by atoms with Crippen LogP contribution in [0.5, 0.6) is 11.5 Å². The van der Waals surface area contributed by atoms with Gasteiger partial charge in [0.1, 0.15) is 17.1 Å². The standard InChI is InChI=1S/C21H17NO5/c1-21(2)20(25)15(11-22-13-5-7-14(23)8-6-13)18-16(27-21)9-3-12-4-10-17(24)26-19(12)18/h3-11,22-23H,1-2H3/b15-11-. The van der Waals surface area contributed by atoms with Crippen LogP contribution in [-0.2, 0) is 4.79 Å². The molecule has 0 atom stereocenters. The topological polar surface area (TPSA) is 88.8 Å². The van der Waals surface area contributed by atoms with Gasteiger partial charge in [-0.3, -0.25) is 4.79 Å². The van der Waals surface area contributed by atoms with E-state index in [2.05, 4.69) is 5.32 Å². The van der Waals surface area contributed by atoms with Crippen LogP contribution in [0.2, 0.25) is 0 Å². The Kier molecular flexibility index (Phi) is 3.77. The van der Waals surface area contributed by atoms with Crippen molar-refractivity contribution in [2.75, 3.05) is 5.32 Å². The summed E-state index contributed by atoms with van der Waals surface area (Å²) >= 11 is 0. The molecule has 0 saturated heterocycles. The lowest BCUT2D eigenvalue weighted by Gasteiger charge is -2.32. The molecule has 0 aliphatic carbocycles. The molecule has 136 valence electrons. The van der Waals surface area contributed by atoms with E-state index < -0.39 is 11.2 Å². The van der Waals surface area contributed by atoms with E-state index in [0.29, 0.717) is 33.5 Å². The van der Waals surface area contributed by atoms with Gasteiger partial charge >= 0.3 is 5.63 Å². The van der Waals surface area contributed by atoms with Gasteiger partial charge in [-0.05, 0) is 56.3 Å². The van der Waals surface area contributed by atoms with E-state index in [9.17, 15) is 14.7 Å². The molecule has 27 heavy (non-hydrogen) atoms. The maximum atomic E-state index is 13.0. The first-order valence-electron chi connectivity index (χ1n) is 8.42. The predicted octanol–water partition coefficient (Wildman–Crippen LogP) is 3.69. The van der Waals surface area contributed by atoms with Gasteiger partial charge in [-0.15, -0.1) is 0 Å². The Bertz CT molecular complexity index is 1140. The minimum atomic E-state index is -1.06. The first kappa shape index (κ1) is 16.9. The Balaban J connectivity index is 1.91. The highest BCUT2D eigenvalue weighted by Crippen LogP contribution is 2.41. The van der Waals surface area contributed by atoms with Gasteiger partial charge in [0, 0.05) is 23.3 Å². The molecule has 1 aromatic heterocycles. The lowest BCUT2D eigenvalue weighted by Crippen LogP contribution is -2.42. The van der Waals surface area contributed by atoms with Crippen LogP contribution < -0.4 is 15.7 Å². The van der Waals surface area contributed by atoms with Crippen LogP contribution in [0.25, 0.3) is 16.5 Å². The quantitative estimate of drug-likeness (QED) is 0.410. The molecule has 0 radical (unpaired) electrons. The molecule has 2 N–H and O–H groups in total. The summed E-state index contributed by atoms with van der Waals surface area (Å²) in [6, 6.07) is 13.0. The maximum Gasteiger partial charge on any atom is 0.336 e. The van der Waals surface area contributed by atoms with Crippen LogP contribution in [0.3, 0.4) is 0 Å². The van der Waals surface area contributed by atoms with Gasteiger partial charge in [-0.2, -0.15) is 0 Å². The van der Waals surface area contributed by atoms with Crippen LogP contribution in [0.15, 0.2) is 63.9 Å². The fraction of sp³-hybridized carbons (Fsp3) is 0.143. The van der Waals surface area contributed by atoms with Crippen molar-refractivity contribution in [1.82, 2.24) is 0 Å². The van der Waals surface area contributed by atoms with Gasteiger partial charge in [0.05, 0.1) is 11.1 Å². The number of nitrogens with one attached hydrogen (secondary N) is 1. The highest BCUT2D eigenvalue weighted by molar-refractivity contribution is 6.28. The summed E-state index contributed by atoms with van der Waals surface area (Å²) in [5, 5.41) is 13.2. The molecule has 1 aliphatic heterocycles. The van der Waals surface area contributed by atoms with Gasteiger partial charge in [0.2, 0.25) is 5.78 Å². The summed E-state index contributed by atoms with van der Waals surface area (Å²) in [6.07, 6.45) is 1.57. The summed E-state index contributed by atoms with van der Waals surface area (Å²) in [7, 11) is 0. The van der Waals surface area contributed by atoms with Crippen molar-refractivity contribution < 1.29 is 19.1 Å². The predicted molar refractivity (Wildman–Crippen MR) is 102 cm³/mol. The van der Waals surface area contributed by atoms with Crippen molar-refractivity contribution in [3.63, 3.8) is 0 Å². The molecule has 0 fully saturated rings. The second kappa shape index (κ2) is 6.02. The second-order valence-electron chi connectivity index (χ2n) is 6.80. The van der Waals surface area contributed by atoms with Crippen molar-refractivity contribution in [2.45, 2.75) is 19.4 Å². The van der Waals surface area contributed by atoms with E-state index in [4.69, 9.17) is 9.15 Å². The number of ketones is 1. The van der Waals surface area contributed by atoms with Gasteiger partial charge in [0.25, 0.3) is 0 Å². The molecular formula is C21H17NO5. The molecule has 6 nitrogen and oxygen atoms in total. The fourth-order valence-electron chi connectivity index (χ4n) is 3.06. The van der Waals surface area contributed by atoms with E-state index in [1.807, 2.05) is 0 Å². The number of benzene rings is 2. The molecule has 0 unspecified atom stereocenters. The highest BCUT2D eigenvalue weighted by Gasteiger charge is 2.40. The number of Topliss-reactive ketones (excluding diaryl/α,β-unsaturated/α-hetero) is 1. The van der Waals surface area contributed by atoms with Gasteiger partial charge in [-0.1, -0.05) is 0 Å². The second-order valence-corrected chi connectivity index (χ2v) is 6.80. The zero-order chi connectivity index (χ0) is 19.2. The Morgan fingerprint density at radius 3 is 2.44 bits per heavy atom. The van der Waals surface area contributed by atoms with Crippen LogP contribution in [0, 0.1) is 0 Å². The molecular weight excluding hydrogens is 346 g/mol. The number of carbonyl (C=O) groups excluding carboxylic acids is 1. The van der Waals surface area contributed by atoms with E-state index in [1.165, 1.54) is 6.07 Å². The van der Waals surface area contributed by atoms with E-state index in [-0.39, 0.29) is 11.5 Å². The summed E-state index contributed by atoms with van der Waals surface area (Å²) < 4.78 is 11.2. The number of hydrogen-bond donors (Lipinski definition) is 2. The summed E-state index contributed by atoms with van der Waals surface area (Å²) in [5.41, 5.74) is 0.246. The largest absolute Gasteiger partial charge is 0.508 e. The Hall–Kier alpha value is -3.54. The first-order chi connectivity index (χ1) is 12.8. The van der Waals surface area contributed by atoms with Crippen molar-refractivity contribution in [1.29, 1.82) is 0 Å². The lowest BCUT2D eigenvalue weighted by atomic mass is 9.87. The number of ether oxygens (including phenoxy) is 1. The minimum absolute atomic E-state index is 0.148. The number of fused-ring (bicyclic) bond motifs is 3. The fourth-order valence-corrected chi connectivity index (χ4v) is 3.06. The van der Waals surface area contributed by atoms with Crippen molar-refractivity contribution >= 4 is 28.0 Å². The number of hydrogen-bond acceptors (Lipinski definition) is 6. The molecule has 1 aliphatic rings. The SMILES string of the molecule is CC1(C)Oc2ccc3ccc(=O)oc3c2/C(=C/Nc2ccc(O)cc2)C1=O. The Morgan fingerprint density at radius 2 is 1.70 bits per heavy atom. The third-order valence-corrected chi connectivity index (χ3v) is 4.43. The third kappa shape index (κ3) is 2.95. The number of phenolic OH excluding ortho intramolecular Hbond substituents is 1. The third-order valence-electron chi connectivity index (χ3n) is 4.43. The first-order valence-corrected chi connectivity index (χ1v) is 8.42. The smallest absolute Gasteiger partial charge is 0.336 e. The normalized spacial score (nSPS) is 16.8. The molecule has 0 saturated carbocycles. The maximum absolute atomic E-state index is 13.0. The van der Waals surface area contributed by atoms with E-state index in [1.54, 1.807) is 62.5 Å². The molecule has 2 aromatic carbocycles. The van der Waals surface area contributed by atoms with Gasteiger partial charge in [-0.25, -0.2) is 4.79 Å². The average molecular weight is 363 g/mol. The lowest BCUT2D eigenvalue weighted by molar-refractivity contribution is -0.126. The molecule has 0 spiro atoms. The average Bonchev–Trinajstić information content (AvgIpc) is 2.63. The molecule has 0 bridgehead atoms. The molecule has 4 rings (SSSR count). The van der Waals surface area contributed by atoms with Gasteiger partial charge in [0.15, 0.2) is 5.60 Å². The van der Waals surface area contributed by atoms with Crippen LogP contribution >= 0.6 is 0 Å². The van der Waals surface area contributed by atoms with E-state index in [0.717, 1.165) is 0 Å². The number of carbonyl (C=O) groups is 1. The number of aromatic hydroxyl groups is 1. The number of rotatable bonds is 2. The Labute approximate surface area is 154 Å². The summed E-state index contributed by atoms with van der Waals surface area (Å²) in [5.74, 6) is 0.384. The minimum Gasteiger partial charge on any atom is -0.508 e. The zero-order valence-electron chi connectivity index (χ0n) is 14.8. The van der Waals surface area contributed by atoms with Gasteiger partial charge < -0.3 is 19.6 Å². The Morgan fingerprint density at radius 1 is 1.00 bits per heavy atom. The zero-order valence-corrected chi connectivity index (χ0v) is 14.8. The summed E-state index contributed by atoms with van der Waals surface area (Å²) in [4.78, 5) is 24.8. The van der Waals surface area contributed by atoms with E-state index >= 15 is 0 Å². The number of anilines is 1. The monoisotopic (exact) mass is 363 g/mol. The highest BCUT2D eigenvalue weighted by atomic mass is 16.5. The molecule has 0 amide bonds. The molecule has 6 heteroatoms.